The summed E-state index contributed by atoms with van der Waals surface area (Å²) in [7, 11) is 0. The van der Waals surface area contributed by atoms with Gasteiger partial charge in [0.25, 0.3) is 5.91 Å². The van der Waals surface area contributed by atoms with E-state index in [9.17, 15) is 14.7 Å². The minimum absolute atomic E-state index is 0.239. The van der Waals surface area contributed by atoms with Crippen molar-refractivity contribution in [1.29, 1.82) is 0 Å². The Bertz CT molecular complexity index is 778. The van der Waals surface area contributed by atoms with Gasteiger partial charge in [0.05, 0.1) is 5.92 Å². The lowest BCUT2D eigenvalue weighted by Crippen LogP contribution is -2.42. The quantitative estimate of drug-likeness (QED) is 0.912. The van der Waals surface area contributed by atoms with Gasteiger partial charge >= 0.3 is 5.97 Å². The van der Waals surface area contributed by atoms with Crippen molar-refractivity contribution in [2.24, 2.45) is 5.92 Å². The summed E-state index contributed by atoms with van der Waals surface area (Å²) in [4.78, 5) is 25.4. The van der Waals surface area contributed by atoms with Crippen molar-refractivity contribution in [2.75, 3.05) is 13.1 Å². The zero-order valence-electron chi connectivity index (χ0n) is 14.6. The maximum Gasteiger partial charge on any atom is 0.308 e. The van der Waals surface area contributed by atoms with E-state index < -0.39 is 11.9 Å². The molecule has 0 spiro atoms. The molecule has 132 valence electrons. The molecule has 1 atom stereocenters. The van der Waals surface area contributed by atoms with E-state index in [1.54, 1.807) is 17.0 Å². The highest BCUT2D eigenvalue weighted by Crippen LogP contribution is 2.27. The molecule has 2 aromatic rings. The summed E-state index contributed by atoms with van der Waals surface area (Å²) in [6.07, 6.45) is 1.32. The second-order valence-electron chi connectivity index (χ2n) is 6.87. The van der Waals surface area contributed by atoms with Gasteiger partial charge in [0.2, 0.25) is 0 Å². The van der Waals surface area contributed by atoms with Crippen LogP contribution in [-0.2, 0) is 4.79 Å². The molecule has 0 bridgehead atoms. The van der Waals surface area contributed by atoms with Gasteiger partial charge in [0.1, 0.15) is 5.76 Å². The number of benzene rings is 1. The maximum atomic E-state index is 12.6. The van der Waals surface area contributed by atoms with Crippen LogP contribution in [0.1, 0.15) is 48.7 Å². The number of likely N-dealkylation sites (tertiary alicyclic amines) is 1. The molecule has 3 rings (SSSR count). The topological polar surface area (TPSA) is 70.8 Å². The Morgan fingerprint density at radius 2 is 2.04 bits per heavy atom. The molecule has 0 radical (unpaired) electrons. The second-order valence-corrected chi connectivity index (χ2v) is 6.87. The number of hydrogen-bond donors (Lipinski definition) is 1. The molecule has 0 aliphatic carbocycles. The zero-order valence-corrected chi connectivity index (χ0v) is 14.6. The van der Waals surface area contributed by atoms with E-state index in [1.165, 1.54) is 5.56 Å². The molecule has 1 aliphatic rings. The first-order valence-electron chi connectivity index (χ1n) is 8.68. The third kappa shape index (κ3) is 3.76. The predicted molar refractivity (Wildman–Crippen MR) is 94.5 cm³/mol. The number of carbonyl (C=O) groups is 2. The fourth-order valence-corrected chi connectivity index (χ4v) is 3.18. The third-order valence-corrected chi connectivity index (χ3v) is 4.71. The summed E-state index contributed by atoms with van der Waals surface area (Å²) in [5, 5.41) is 9.17. The predicted octanol–water partition coefficient (Wildman–Crippen LogP) is 4.01. The molecule has 1 amide bonds. The molecule has 1 aliphatic heterocycles. The van der Waals surface area contributed by atoms with Crippen LogP contribution in [0, 0.1) is 5.92 Å². The lowest BCUT2D eigenvalue weighted by Gasteiger charge is -2.29. The summed E-state index contributed by atoms with van der Waals surface area (Å²) in [6, 6.07) is 11.6. The SMILES string of the molecule is CC(C)c1cccc(-c2ccc(C(=O)N3CCC[C@H](C(=O)O)C3)o2)c1. The number of carboxylic acids is 1. The van der Waals surface area contributed by atoms with E-state index in [0.717, 1.165) is 5.56 Å². The lowest BCUT2D eigenvalue weighted by atomic mass is 9.98. The summed E-state index contributed by atoms with van der Waals surface area (Å²) in [6.45, 7) is 5.07. The summed E-state index contributed by atoms with van der Waals surface area (Å²) < 4.78 is 5.78. The van der Waals surface area contributed by atoms with Crippen molar-refractivity contribution in [1.82, 2.24) is 4.90 Å². The molecule has 1 saturated heterocycles. The minimum atomic E-state index is -0.844. The van der Waals surface area contributed by atoms with Crippen LogP contribution in [0.5, 0.6) is 0 Å². The Morgan fingerprint density at radius 1 is 1.24 bits per heavy atom. The number of carbonyl (C=O) groups excluding carboxylic acids is 1. The molecule has 2 heterocycles. The smallest absolute Gasteiger partial charge is 0.308 e. The fourth-order valence-electron chi connectivity index (χ4n) is 3.18. The molecule has 5 heteroatoms. The summed E-state index contributed by atoms with van der Waals surface area (Å²) in [5.74, 6) is -0.249. The molecular formula is C20H23NO4. The van der Waals surface area contributed by atoms with E-state index >= 15 is 0 Å². The number of nitrogens with zero attached hydrogens (tertiary/aromatic N) is 1. The Labute approximate surface area is 147 Å². The van der Waals surface area contributed by atoms with Crippen molar-refractivity contribution in [2.45, 2.75) is 32.6 Å². The van der Waals surface area contributed by atoms with Gasteiger partial charge in [-0.1, -0.05) is 32.0 Å². The van der Waals surface area contributed by atoms with Crippen LogP contribution in [0.3, 0.4) is 0 Å². The van der Waals surface area contributed by atoms with Gasteiger partial charge < -0.3 is 14.4 Å². The zero-order chi connectivity index (χ0) is 18.0. The van der Waals surface area contributed by atoms with Gasteiger partial charge in [-0.15, -0.1) is 0 Å². The summed E-state index contributed by atoms with van der Waals surface area (Å²) >= 11 is 0. The monoisotopic (exact) mass is 341 g/mol. The van der Waals surface area contributed by atoms with E-state index in [4.69, 9.17) is 4.42 Å². The minimum Gasteiger partial charge on any atom is -0.481 e. The number of aliphatic carboxylic acids is 1. The molecule has 1 N–H and O–H groups in total. The maximum absolute atomic E-state index is 12.6. The van der Waals surface area contributed by atoms with Crippen molar-refractivity contribution >= 4 is 11.9 Å². The number of hydrogen-bond acceptors (Lipinski definition) is 3. The normalized spacial score (nSPS) is 17.7. The summed E-state index contributed by atoms with van der Waals surface area (Å²) in [5.41, 5.74) is 2.15. The van der Waals surface area contributed by atoms with Crippen LogP contribution in [-0.4, -0.2) is 35.0 Å². The van der Waals surface area contributed by atoms with E-state index in [0.29, 0.717) is 31.1 Å². The van der Waals surface area contributed by atoms with Crippen LogP contribution in [0.4, 0.5) is 0 Å². The van der Waals surface area contributed by atoms with Gasteiger partial charge in [-0.25, -0.2) is 0 Å². The molecular weight excluding hydrogens is 318 g/mol. The van der Waals surface area contributed by atoms with E-state index in [2.05, 4.69) is 26.0 Å². The molecule has 0 saturated carbocycles. The number of rotatable bonds is 4. The Hall–Kier alpha value is -2.56. The first-order chi connectivity index (χ1) is 12.0. The number of carboxylic acid groups (broad SMARTS) is 1. The van der Waals surface area contributed by atoms with E-state index in [-0.39, 0.29) is 18.2 Å². The van der Waals surface area contributed by atoms with Gasteiger partial charge in [-0.05, 0) is 42.5 Å². The second kappa shape index (κ2) is 7.13. The van der Waals surface area contributed by atoms with Gasteiger partial charge in [-0.3, -0.25) is 9.59 Å². The number of furan rings is 1. The molecule has 5 nitrogen and oxygen atoms in total. The van der Waals surface area contributed by atoms with Gasteiger partial charge in [0.15, 0.2) is 5.76 Å². The van der Waals surface area contributed by atoms with Crippen molar-refractivity contribution in [3.63, 3.8) is 0 Å². The molecule has 0 unspecified atom stereocenters. The Kier molecular flexibility index (Phi) is 4.93. The first kappa shape index (κ1) is 17.3. The Balaban J connectivity index is 1.78. The highest BCUT2D eigenvalue weighted by molar-refractivity contribution is 5.92. The molecule has 1 fully saturated rings. The lowest BCUT2D eigenvalue weighted by molar-refractivity contribution is -0.143. The standard InChI is InChI=1S/C20H23NO4/c1-13(2)14-5-3-6-15(11-14)17-8-9-18(25-17)19(22)21-10-4-7-16(12-21)20(23)24/h3,5-6,8-9,11,13,16H,4,7,10,12H2,1-2H3,(H,23,24)/t16-/m0/s1. The van der Waals surface area contributed by atoms with Crippen molar-refractivity contribution in [3.05, 3.63) is 47.7 Å². The molecule has 1 aromatic carbocycles. The van der Waals surface area contributed by atoms with Crippen LogP contribution in [0.2, 0.25) is 0 Å². The fraction of sp³-hybridized carbons (Fsp3) is 0.400. The van der Waals surface area contributed by atoms with Gasteiger partial charge in [0, 0.05) is 18.7 Å². The molecule has 1 aromatic heterocycles. The van der Waals surface area contributed by atoms with Crippen LogP contribution in [0.25, 0.3) is 11.3 Å². The van der Waals surface area contributed by atoms with Crippen LogP contribution in [0.15, 0.2) is 40.8 Å². The number of piperidine rings is 1. The Morgan fingerprint density at radius 3 is 2.76 bits per heavy atom. The van der Waals surface area contributed by atoms with E-state index in [1.807, 2.05) is 12.1 Å². The van der Waals surface area contributed by atoms with Crippen molar-refractivity contribution < 1.29 is 19.1 Å². The molecule has 25 heavy (non-hydrogen) atoms. The highest BCUT2D eigenvalue weighted by Gasteiger charge is 2.29. The van der Waals surface area contributed by atoms with Crippen LogP contribution < -0.4 is 0 Å². The first-order valence-corrected chi connectivity index (χ1v) is 8.68. The largest absolute Gasteiger partial charge is 0.481 e. The third-order valence-electron chi connectivity index (χ3n) is 4.71. The van der Waals surface area contributed by atoms with Crippen molar-refractivity contribution in [3.8, 4) is 11.3 Å². The highest BCUT2D eigenvalue weighted by atomic mass is 16.4. The van der Waals surface area contributed by atoms with Crippen LogP contribution >= 0.6 is 0 Å². The average Bonchev–Trinajstić information content (AvgIpc) is 3.11. The number of amides is 1. The van der Waals surface area contributed by atoms with Gasteiger partial charge in [-0.2, -0.15) is 0 Å². The average molecular weight is 341 g/mol.